The highest BCUT2D eigenvalue weighted by Crippen LogP contribution is 2.53. The maximum absolute atomic E-state index is 11.4. The van der Waals surface area contributed by atoms with E-state index in [1.165, 1.54) is 38.5 Å². The molecule has 11 nitrogen and oxygen atoms in total. The average Bonchev–Trinajstić information content (AvgIpc) is 2.77. The summed E-state index contributed by atoms with van der Waals surface area (Å²) in [5.74, 6) is 1.51. The Kier molecular flexibility index (Phi) is 22.1. The average molecular weight is 595 g/mol. The molecule has 0 aliphatic heterocycles. The van der Waals surface area contributed by atoms with Gasteiger partial charge in [0, 0.05) is 0 Å². The van der Waals surface area contributed by atoms with Gasteiger partial charge in [-0.15, -0.1) is 0 Å². The molecule has 0 atom stereocenters. The first-order valence-electron chi connectivity index (χ1n) is 13.8. The third kappa shape index (κ3) is 20.9. The van der Waals surface area contributed by atoms with Gasteiger partial charge in [-0.25, -0.2) is 9.13 Å². The molecule has 0 aliphatic rings. The number of rotatable bonds is 22. The van der Waals surface area contributed by atoms with Crippen LogP contribution in [0.25, 0.3) is 0 Å². The Bertz CT molecular complexity index is 607. The maximum Gasteiger partial charge on any atom is 0.478 e. The van der Waals surface area contributed by atoms with Gasteiger partial charge in [-0.3, -0.25) is 0 Å². The summed E-state index contributed by atoms with van der Waals surface area (Å²) in [5.41, 5.74) is -2.43. The SMILES string of the molecule is CC(C)CCCCCCCC(O)(CCCCCCCC(C)C)C(CO)(CO)CO.O=P(O)(O)OP(=O)(O)O. The van der Waals surface area contributed by atoms with E-state index in [0.717, 1.165) is 50.4 Å². The predicted molar refractivity (Wildman–Crippen MR) is 148 cm³/mol. The summed E-state index contributed by atoms with van der Waals surface area (Å²) < 4.78 is 22.2. The van der Waals surface area contributed by atoms with Crippen molar-refractivity contribution < 1.29 is 53.4 Å². The van der Waals surface area contributed by atoms with Gasteiger partial charge in [0.1, 0.15) is 0 Å². The van der Waals surface area contributed by atoms with Crippen molar-refractivity contribution in [1.82, 2.24) is 0 Å². The molecule has 0 aromatic rings. The van der Waals surface area contributed by atoms with Gasteiger partial charge in [0.2, 0.25) is 0 Å². The normalized spacial score (nSPS) is 13.2. The zero-order valence-corrected chi connectivity index (χ0v) is 25.7. The van der Waals surface area contributed by atoms with Gasteiger partial charge in [0.15, 0.2) is 0 Å². The monoisotopic (exact) mass is 594 g/mol. The Morgan fingerprint density at radius 3 is 1.11 bits per heavy atom. The third-order valence-electron chi connectivity index (χ3n) is 6.85. The molecule has 232 valence electrons. The Hall–Kier alpha value is 0.100. The molecule has 0 radical (unpaired) electrons. The van der Waals surface area contributed by atoms with Crippen LogP contribution in [0.4, 0.5) is 0 Å². The molecule has 0 saturated heterocycles. The van der Waals surface area contributed by atoms with Crippen LogP contribution in [-0.2, 0) is 13.4 Å². The van der Waals surface area contributed by atoms with Crippen LogP contribution in [0.5, 0.6) is 0 Å². The minimum absolute atomic E-state index is 0.390. The standard InChI is InChI=1S/C25H52O4.H4O7P2/c1-22(2)15-11-7-5-9-13-17-25(29,24(19-26,20-27)21-28)18-14-10-6-8-12-16-23(3)4;1-8(2,3)7-9(4,5)6/h22-23,26-29H,5-21H2,1-4H3;(H2,1,2,3)(H2,4,5,6). The molecule has 0 amide bonds. The fourth-order valence-corrected chi connectivity index (χ4v) is 5.49. The summed E-state index contributed by atoms with van der Waals surface area (Å²) >= 11 is 0. The van der Waals surface area contributed by atoms with Crippen LogP contribution < -0.4 is 0 Å². The van der Waals surface area contributed by atoms with Crippen LogP contribution in [-0.4, -0.2) is 65.4 Å². The van der Waals surface area contributed by atoms with E-state index in [4.69, 9.17) is 19.6 Å². The highest BCUT2D eigenvalue weighted by molar-refractivity contribution is 7.60. The van der Waals surface area contributed by atoms with Crippen LogP contribution >= 0.6 is 15.6 Å². The molecule has 8 N–H and O–H groups in total. The number of aliphatic hydroxyl groups excluding tert-OH is 3. The predicted octanol–water partition coefficient (Wildman–Crippen LogP) is 4.64. The van der Waals surface area contributed by atoms with Crippen molar-refractivity contribution in [2.75, 3.05) is 19.8 Å². The van der Waals surface area contributed by atoms with E-state index in [1.54, 1.807) is 0 Å². The van der Waals surface area contributed by atoms with Crippen molar-refractivity contribution in [2.45, 2.75) is 123 Å². The van der Waals surface area contributed by atoms with Crippen LogP contribution in [0.2, 0.25) is 0 Å². The molecule has 0 aromatic carbocycles. The van der Waals surface area contributed by atoms with Crippen molar-refractivity contribution in [3.8, 4) is 0 Å². The Morgan fingerprint density at radius 1 is 0.579 bits per heavy atom. The zero-order valence-electron chi connectivity index (χ0n) is 23.9. The zero-order chi connectivity index (χ0) is 29.9. The second-order valence-electron chi connectivity index (χ2n) is 11.2. The molecule has 0 heterocycles. The first-order valence-corrected chi connectivity index (χ1v) is 16.9. The van der Waals surface area contributed by atoms with E-state index in [2.05, 4.69) is 32.0 Å². The minimum atomic E-state index is -5.05. The quantitative estimate of drug-likeness (QED) is 0.0640. The van der Waals surface area contributed by atoms with Gasteiger partial charge in [-0.1, -0.05) is 105 Å². The first-order chi connectivity index (χ1) is 17.5. The largest absolute Gasteiger partial charge is 0.478 e. The van der Waals surface area contributed by atoms with E-state index in [1.807, 2.05) is 0 Å². The molecule has 38 heavy (non-hydrogen) atoms. The molecule has 13 heteroatoms. The Labute approximate surface area is 229 Å². The summed E-state index contributed by atoms with van der Waals surface area (Å²) in [7, 11) is -10.1. The molecular formula is C25H56O11P2. The highest BCUT2D eigenvalue weighted by Gasteiger charge is 2.48. The first kappa shape index (κ1) is 40.2. The van der Waals surface area contributed by atoms with Crippen LogP contribution in [0.1, 0.15) is 118 Å². The van der Waals surface area contributed by atoms with E-state index in [9.17, 15) is 29.6 Å². The minimum Gasteiger partial charge on any atom is -0.395 e. The van der Waals surface area contributed by atoms with Gasteiger partial charge in [0.05, 0.1) is 30.8 Å². The molecule has 0 aliphatic carbocycles. The van der Waals surface area contributed by atoms with Gasteiger partial charge in [-0.05, 0) is 24.7 Å². The van der Waals surface area contributed by atoms with Gasteiger partial charge >= 0.3 is 15.6 Å². The number of aliphatic hydroxyl groups is 4. The lowest BCUT2D eigenvalue weighted by atomic mass is 9.68. The summed E-state index contributed by atoms with van der Waals surface area (Å²) in [6.07, 6.45) is 14.7. The highest BCUT2D eigenvalue weighted by atomic mass is 31.3. The number of phosphoric acid groups is 2. The van der Waals surface area contributed by atoms with Crippen molar-refractivity contribution >= 4 is 15.6 Å². The second-order valence-corrected chi connectivity index (χ2v) is 13.9. The summed E-state index contributed by atoms with van der Waals surface area (Å²) in [4.78, 5) is 31.0. The van der Waals surface area contributed by atoms with Crippen molar-refractivity contribution in [2.24, 2.45) is 17.3 Å². The molecule has 0 bridgehead atoms. The fraction of sp³-hybridized carbons (Fsp3) is 1.00. The van der Waals surface area contributed by atoms with Crippen molar-refractivity contribution in [1.29, 1.82) is 0 Å². The van der Waals surface area contributed by atoms with Gasteiger partial charge < -0.3 is 40.0 Å². The molecule has 0 fully saturated rings. The Morgan fingerprint density at radius 2 is 0.868 bits per heavy atom. The summed E-state index contributed by atoms with van der Waals surface area (Å²) in [6.45, 7) is 7.84. The van der Waals surface area contributed by atoms with Crippen LogP contribution in [0, 0.1) is 17.3 Å². The molecule has 0 aromatic heterocycles. The van der Waals surface area contributed by atoms with Crippen LogP contribution in [0.3, 0.4) is 0 Å². The number of hydrogen-bond donors (Lipinski definition) is 8. The van der Waals surface area contributed by atoms with Gasteiger partial charge in [-0.2, -0.15) is 4.31 Å². The van der Waals surface area contributed by atoms with E-state index in [-0.39, 0.29) is 19.8 Å². The summed E-state index contributed by atoms with van der Waals surface area (Å²) in [6, 6.07) is 0. The lowest BCUT2D eigenvalue weighted by Gasteiger charge is -2.44. The third-order valence-corrected chi connectivity index (χ3v) is 8.55. The van der Waals surface area contributed by atoms with Crippen molar-refractivity contribution in [3.63, 3.8) is 0 Å². The molecule has 0 rings (SSSR count). The lowest BCUT2D eigenvalue weighted by molar-refractivity contribution is -0.162. The second kappa shape index (κ2) is 20.9. The topological polar surface area (TPSA) is 205 Å². The fourth-order valence-electron chi connectivity index (χ4n) is 4.39. The summed E-state index contributed by atoms with van der Waals surface area (Å²) in [5, 5.41) is 41.0. The Balaban J connectivity index is 0. The van der Waals surface area contributed by atoms with E-state index < -0.39 is 26.7 Å². The van der Waals surface area contributed by atoms with E-state index in [0.29, 0.717) is 12.8 Å². The number of unbranched alkanes of at least 4 members (excludes halogenated alkanes) is 8. The van der Waals surface area contributed by atoms with Gasteiger partial charge in [0.25, 0.3) is 0 Å². The number of hydrogen-bond acceptors (Lipinski definition) is 7. The molecule has 0 unspecified atom stereocenters. The molecular weight excluding hydrogens is 538 g/mol. The lowest BCUT2D eigenvalue weighted by Crippen LogP contribution is -2.55. The van der Waals surface area contributed by atoms with E-state index >= 15 is 0 Å². The smallest absolute Gasteiger partial charge is 0.395 e. The maximum atomic E-state index is 11.4. The van der Waals surface area contributed by atoms with Crippen LogP contribution in [0.15, 0.2) is 0 Å². The molecule has 0 saturated carbocycles. The molecule has 0 spiro atoms. The van der Waals surface area contributed by atoms with Crippen molar-refractivity contribution in [3.05, 3.63) is 0 Å².